The lowest BCUT2D eigenvalue weighted by Gasteiger charge is -2.09. The van der Waals surface area contributed by atoms with E-state index in [9.17, 15) is 18.0 Å². The van der Waals surface area contributed by atoms with Gasteiger partial charge in [-0.2, -0.15) is 13.2 Å². The third kappa shape index (κ3) is 4.56. The van der Waals surface area contributed by atoms with Crippen LogP contribution in [-0.4, -0.2) is 16.3 Å². The Bertz CT molecular complexity index is 896. The third-order valence-electron chi connectivity index (χ3n) is 3.26. The number of carbonyl (C=O) groups is 1. The summed E-state index contributed by atoms with van der Waals surface area (Å²) in [6.07, 6.45) is 0.257. The van der Waals surface area contributed by atoms with Crippen LogP contribution in [-0.2, 0) is 12.7 Å². The minimum absolute atomic E-state index is 0.0000711. The Kier molecular flexibility index (Phi) is 4.83. The molecular weight excluding hydrogens is 351 g/mol. The number of carbonyl (C=O) groups excluding carboxylic acids is 1. The second kappa shape index (κ2) is 7.21. The van der Waals surface area contributed by atoms with E-state index in [2.05, 4.69) is 20.9 Å². The molecule has 0 atom stereocenters. The number of nitrogens with one attached hydrogen (secondary N) is 2. The number of halogens is 3. The van der Waals surface area contributed by atoms with Crippen LogP contribution in [0.15, 0.2) is 59.5 Å². The summed E-state index contributed by atoms with van der Waals surface area (Å²) < 4.78 is 44.4. The van der Waals surface area contributed by atoms with Crippen molar-refractivity contribution in [1.29, 1.82) is 0 Å². The molecule has 3 rings (SSSR count). The highest BCUT2D eigenvalue weighted by Gasteiger charge is 2.30. The molecule has 0 spiro atoms. The Balaban J connectivity index is 1.60. The molecule has 1 aromatic carbocycles. The summed E-state index contributed by atoms with van der Waals surface area (Å²) in [5.41, 5.74) is 0.0233. The number of rotatable bonds is 4. The van der Waals surface area contributed by atoms with E-state index in [0.29, 0.717) is 6.54 Å². The fourth-order valence-corrected chi connectivity index (χ4v) is 2.13. The molecule has 0 bridgehead atoms. The average Bonchev–Trinajstić information content (AvgIpc) is 3.02. The van der Waals surface area contributed by atoms with Gasteiger partial charge in [0.05, 0.1) is 5.56 Å². The monoisotopic (exact) mass is 364 g/mol. The molecule has 134 valence electrons. The molecule has 26 heavy (non-hydrogen) atoms. The molecule has 0 aliphatic heterocycles. The van der Waals surface area contributed by atoms with Gasteiger partial charge in [-0.15, -0.1) is 0 Å². The van der Waals surface area contributed by atoms with Gasteiger partial charge in [0, 0.05) is 23.6 Å². The van der Waals surface area contributed by atoms with Gasteiger partial charge in [-0.25, -0.2) is 4.79 Å². The molecule has 2 aromatic heterocycles. The van der Waals surface area contributed by atoms with E-state index in [-0.39, 0.29) is 11.6 Å². The lowest BCUT2D eigenvalue weighted by Crippen LogP contribution is -2.35. The Hall–Kier alpha value is -3.43. The molecular formula is C16H13F3N5O2+. The summed E-state index contributed by atoms with van der Waals surface area (Å²) in [5, 5.41) is 8.40. The fourth-order valence-electron chi connectivity index (χ4n) is 2.13. The molecule has 10 heteroatoms. The van der Waals surface area contributed by atoms with Gasteiger partial charge in [0.15, 0.2) is 0 Å². The maximum absolute atomic E-state index is 12.7. The van der Waals surface area contributed by atoms with Crippen LogP contribution < -0.4 is 15.3 Å². The van der Waals surface area contributed by atoms with Crippen molar-refractivity contribution in [2.75, 3.05) is 10.6 Å². The summed E-state index contributed by atoms with van der Waals surface area (Å²) >= 11 is 0. The summed E-state index contributed by atoms with van der Waals surface area (Å²) in [5.74, 6) is 0.0402. The lowest BCUT2D eigenvalue weighted by atomic mass is 10.2. The van der Waals surface area contributed by atoms with Gasteiger partial charge in [-0.1, -0.05) is 6.07 Å². The fraction of sp³-hybridized carbons (Fsp3) is 0.125. The zero-order valence-corrected chi connectivity index (χ0v) is 13.2. The van der Waals surface area contributed by atoms with Crippen molar-refractivity contribution < 1.29 is 27.2 Å². The molecule has 7 nitrogen and oxygen atoms in total. The Morgan fingerprint density at radius 1 is 1.19 bits per heavy atom. The number of hydrogen-bond donors (Lipinski definition) is 2. The minimum Gasteiger partial charge on any atom is -0.308 e. The lowest BCUT2D eigenvalue weighted by molar-refractivity contribution is -0.754. The number of urea groups is 1. The smallest absolute Gasteiger partial charge is 0.308 e. The van der Waals surface area contributed by atoms with Gasteiger partial charge < -0.3 is 5.32 Å². The summed E-state index contributed by atoms with van der Waals surface area (Å²) in [6.45, 7) is 0.383. The van der Waals surface area contributed by atoms with E-state index in [1.807, 2.05) is 6.07 Å². The average molecular weight is 364 g/mol. The highest BCUT2D eigenvalue weighted by Crippen LogP contribution is 2.30. The van der Waals surface area contributed by atoms with Crippen molar-refractivity contribution >= 4 is 17.6 Å². The highest BCUT2D eigenvalue weighted by atomic mass is 19.4. The largest absolute Gasteiger partial charge is 0.416 e. The summed E-state index contributed by atoms with van der Waals surface area (Å²) in [7, 11) is 0. The first-order valence-electron chi connectivity index (χ1n) is 7.41. The van der Waals surface area contributed by atoms with E-state index in [4.69, 9.17) is 4.52 Å². The van der Waals surface area contributed by atoms with Crippen LogP contribution in [0.5, 0.6) is 0 Å². The SMILES string of the molecule is O=C(Nc1cccc(C(F)(F)F)c1)Nc1c[n+](Cc2cccnc2)no1. The number of pyridine rings is 1. The summed E-state index contributed by atoms with van der Waals surface area (Å²) in [4.78, 5) is 15.9. The first-order valence-corrected chi connectivity index (χ1v) is 7.41. The zero-order chi connectivity index (χ0) is 18.6. The van der Waals surface area contributed by atoms with Crippen LogP contribution in [0.4, 0.5) is 29.5 Å². The Labute approximate surface area is 145 Å². The second-order valence-corrected chi connectivity index (χ2v) is 5.28. The molecule has 0 aliphatic carbocycles. The van der Waals surface area contributed by atoms with Crippen LogP contribution in [0, 0.1) is 0 Å². The highest BCUT2D eigenvalue weighted by molar-refractivity contribution is 5.98. The van der Waals surface area contributed by atoms with Crippen molar-refractivity contribution in [1.82, 2.24) is 10.3 Å². The van der Waals surface area contributed by atoms with Crippen LogP contribution in [0.1, 0.15) is 11.1 Å². The molecule has 2 amide bonds. The Morgan fingerprint density at radius 2 is 2.04 bits per heavy atom. The first-order chi connectivity index (χ1) is 12.4. The van der Waals surface area contributed by atoms with E-state index >= 15 is 0 Å². The van der Waals surface area contributed by atoms with Crippen molar-refractivity contribution in [3.05, 3.63) is 66.1 Å². The van der Waals surface area contributed by atoms with E-state index in [0.717, 1.165) is 17.7 Å². The molecule has 2 heterocycles. The number of anilines is 2. The molecule has 0 unspecified atom stereocenters. The molecule has 0 aliphatic rings. The maximum atomic E-state index is 12.7. The maximum Gasteiger partial charge on any atom is 0.416 e. The molecule has 0 radical (unpaired) electrons. The van der Waals surface area contributed by atoms with E-state index in [1.165, 1.54) is 23.0 Å². The van der Waals surface area contributed by atoms with Crippen LogP contribution in [0.25, 0.3) is 0 Å². The van der Waals surface area contributed by atoms with Gasteiger partial charge in [0.1, 0.15) is 0 Å². The van der Waals surface area contributed by atoms with Gasteiger partial charge >= 0.3 is 18.1 Å². The number of nitrogens with zero attached hydrogens (tertiary/aromatic N) is 3. The van der Waals surface area contributed by atoms with Gasteiger partial charge in [0.2, 0.25) is 11.8 Å². The van der Waals surface area contributed by atoms with Crippen LogP contribution in [0.2, 0.25) is 0 Å². The number of aromatic nitrogens is 3. The predicted octanol–water partition coefficient (Wildman–Crippen LogP) is 3.07. The van der Waals surface area contributed by atoms with Crippen molar-refractivity contribution in [3.8, 4) is 0 Å². The molecule has 0 fully saturated rings. The third-order valence-corrected chi connectivity index (χ3v) is 3.26. The second-order valence-electron chi connectivity index (χ2n) is 5.28. The van der Waals surface area contributed by atoms with Crippen LogP contribution in [0.3, 0.4) is 0 Å². The zero-order valence-electron chi connectivity index (χ0n) is 13.2. The van der Waals surface area contributed by atoms with Crippen molar-refractivity contribution in [2.45, 2.75) is 12.7 Å². The predicted molar refractivity (Wildman–Crippen MR) is 84.1 cm³/mol. The standard InChI is InChI=1S/C16H12F3N5O2/c17-16(18,19)12-4-1-5-13(7-12)21-15(25)22-14-10-24(23-26-14)9-11-3-2-6-20-8-11/h1-8,10H,9H2,(H-,21,22,23,25)/p+1. The van der Waals surface area contributed by atoms with Crippen molar-refractivity contribution in [3.63, 3.8) is 0 Å². The van der Waals surface area contributed by atoms with Gasteiger partial charge in [-0.05, 0) is 35.0 Å². The normalized spacial score (nSPS) is 11.2. The van der Waals surface area contributed by atoms with Crippen LogP contribution >= 0.6 is 0 Å². The van der Waals surface area contributed by atoms with E-state index in [1.54, 1.807) is 18.5 Å². The number of hydrogen-bond acceptors (Lipinski definition) is 4. The first kappa shape index (κ1) is 17.4. The topological polar surface area (TPSA) is 83.9 Å². The summed E-state index contributed by atoms with van der Waals surface area (Å²) in [6, 6.07) is 7.17. The number of amides is 2. The quantitative estimate of drug-likeness (QED) is 0.697. The van der Waals surface area contributed by atoms with Gasteiger partial charge in [-0.3, -0.25) is 14.8 Å². The number of alkyl halides is 3. The molecule has 0 saturated heterocycles. The van der Waals surface area contributed by atoms with E-state index < -0.39 is 17.8 Å². The van der Waals surface area contributed by atoms with Crippen molar-refractivity contribution in [2.24, 2.45) is 0 Å². The van der Waals surface area contributed by atoms with Gasteiger partial charge in [0.25, 0.3) is 6.20 Å². The Morgan fingerprint density at radius 3 is 2.77 bits per heavy atom. The molecule has 2 N–H and O–H groups in total. The molecule has 0 saturated carbocycles. The minimum atomic E-state index is -4.49. The number of benzene rings is 1. The molecule has 3 aromatic rings.